The zero-order valence-electron chi connectivity index (χ0n) is 22.2. The minimum Gasteiger partial charge on any atom is -0.489 e. The molecule has 1 aromatic heterocycles. The molecule has 4 heterocycles. The van der Waals surface area contributed by atoms with Crippen molar-refractivity contribution in [3.8, 4) is 5.75 Å². The average molecular weight is 541 g/mol. The van der Waals surface area contributed by atoms with Crippen LogP contribution in [0.4, 0.5) is 0 Å². The summed E-state index contributed by atoms with van der Waals surface area (Å²) in [7, 11) is 0. The van der Waals surface area contributed by atoms with E-state index in [-0.39, 0.29) is 30.4 Å². The number of carbonyl (C=O) groups excluding carboxylic acids is 3. The molecule has 0 spiro atoms. The number of ether oxygens (including phenoxy) is 1. The number of rotatable bonds is 6. The number of aromatic nitrogens is 1. The summed E-state index contributed by atoms with van der Waals surface area (Å²) in [4.78, 5) is 45.6. The molecule has 3 aromatic rings. The van der Waals surface area contributed by atoms with Crippen molar-refractivity contribution in [2.75, 3.05) is 13.1 Å². The summed E-state index contributed by atoms with van der Waals surface area (Å²) < 4.78 is 6.33. The van der Waals surface area contributed by atoms with E-state index in [2.05, 4.69) is 40.5 Å². The fourth-order valence-electron chi connectivity index (χ4n) is 6.46. The van der Waals surface area contributed by atoms with E-state index >= 15 is 0 Å². The molecule has 0 bridgehead atoms. The van der Waals surface area contributed by atoms with Gasteiger partial charge in [0, 0.05) is 55.2 Å². The number of fused-ring (bicyclic) bond motifs is 2. The van der Waals surface area contributed by atoms with E-state index in [1.165, 1.54) is 5.56 Å². The lowest BCUT2D eigenvalue weighted by Gasteiger charge is -2.30. The first-order valence-corrected chi connectivity index (χ1v) is 14.1. The number of aliphatic hydroxyl groups is 1. The molecule has 2 saturated heterocycles. The van der Waals surface area contributed by atoms with E-state index in [1.54, 1.807) is 11.0 Å². The normalized spacial score (nSPS) is 26.6. The summed E-state index contributed by atoms with van der Waals surface area (Å²) in [6, 6.07) is 15.6. The number of pyridine rings is 1. The first-order chi connectivity index (χ1) is 19.4. The molecule has 206 valence electrons. The second-order valence-corrected chi connectivity index (χ2v) is 11.6. The molecule has 2 N–H and O–H groups in total. The number of carbonyl (C=O) groups is 3. The van der Waals surface area contributed by atoms with Gasteiger partial charge in [-0.25, -0.2) is 0 Å². The quantitative estimate of drug-likeness (QED) is 0.463. The Balaban J connectivity index is 0.961. The molecule has 3 amide bonds. The van der Waals surface area contributed by atoms with Crippen LogP contribution in [0, 0.1) is 0 Å². The van der Waals surface area contributed by atoms with Crippen LogP contribution in [0.3, 0.4) is 0 Å². The number of piperidine rings is 1. The van der Waals surface area contributed by atoms with Crippen molar-refractivity contribution in [1.82, 2.24) is 20.1 Å². The van der Waals surface area contributed by atoms with Crippen molar-refractivity contribution in [1.29, 1.82) is 0 Å². The van der Waals surface area contributed by atoms with E-state index in [9.17, 15) is 19.5 Å². The van der Waals surface area contributed by atoms with Gasteiger partial charge in [-0.15, -0.1) is 0 Å². The van der Waals surface area contributed by atoms with Crippen molar-refractivity contribution in [3.05, 3.63) is 70.9 Å². The fraction of sp³-hybridized carbons (Fsp3) is 0.419. The Morgan fingerprint density at radius 2 is 1.90 bits per heavy atom. The third kappa shape index (κ3) is 4.73. The number of hydrogen-bond donors (Lipinski definition) is 2. The summed E-state index contributed by atoms with van der Waals surface area (Å²) in [6.45, 7) is 2.94. The molecule has 1 unspecified atom stereocenters. The maximum Gasteiger partial charge on any atom is 0.255 e. The van der Waals surface area contributed by atoms with Gasteiger partial charge in [0.05, 0.1) is 11.6 Å². The Hall–Kier alpha value is -3.82. The van der Waals surface area contributed by atoms with Gasteiger partial charge in [-0.1, -0.05) is 12.1 Å². The van der Waals surface area contributed by atoms with Crippen LogP contribution in [-0.4, -0.2) is 69.0 Å². The molecule has 4 aliphatic rings. The van der Waals surface area contributed by atoms with Crippen molar-refractivity contribution < 1.29 is 24.2 Å². The molecular formula is C31H32N4O5. The Labute approximate surface area is 232 Å². The summed E-state index contributed by atoms with van der Waals surface area (Å²) in [5.41, 5.74) is 4.75. The third-order valence-electron chi connectivity index (χ3n) is 8.74. The second kappa shape index (κ2) is 9.98. The summed E-state index contributed by atoms with van der Waals surface area (Å²) in [6.07, 6.45) is 3.00. The molecule has 2 atom stereocenters. The van der Waals surface area contributed by atoms with Crippen LogP contribution in [0.15, 0.2) is 48.5 Å². The van der Waals surface area contributed by atoms with E-state index in [0.717, 1.165) is 66.8 Å². The highest BCUT2D eigenvalue weighted by atomic mass is 16.5. The van der Waals surface area contributed by atoms with Crippen molar-refractivity contribution in [3.63, 3.8) is 0 Å². The number of amides is 3. The summed E-state index contributed by atoms with van der Waals surface area (Å²) in [5, 5.41) is 13.1. The third-order valence-corrected chi connectivity index (χ3v) is 8.74. The van der Waals surface area contributed by atoms with Crippen molar-refractivity contribution in [2.45, 2.75) is 69.4 Å². The van der Waals surface area contributed by atoms with Gasteiger partial charge in [-0.05, 0) is 73.2 Å². The van der Waals surface area contributed by atoms with Gasteiger partial charge < -0.3 is 14.7 Å². The lowest BCUT2D eigenvalue weighted by molar-refractivity contribution is -0.136. The number of likely N-dealkylation sites (tertiary alicyclic amines) is 1. The largest absolute Gasteiger partial charge is 0.489 e. The van der Waals surface area contributed by atoms with Gasteiger partial charge in [0.2, 0.25) is 11.8 Å². The first-order valence-electron chi connectivity index (χ1n) is 14.1. The first kappa shape index (κ1) is 25.2. The average Bonchev–Trinajstić information content (AvgIpc) is 3.49. The monoisotopic (exact) mass is 540 g/mol. The molecule has 7 rings (SSSR count). The van der Waals surface area contributed by atoms with Crippen LogP contribution in [0.5, 0.6) is 5.75 Å². The van der Waals surface area contributed by atoms with E-state index < -0.39 is 11.9 Å². The van der Waals surface area contributed by atoms with Gasteiger partial charge in [0.1, 0.15) is 17.9 Å². The molecule has 3 fully saturated rings. The van der Waals surface area contributed by atoms with Crippen LogP contribution < -0.4 is 10.1 Å². The minimum atomic E-state index is -0.616. The molecule has 9 heteroatoms. The Morgan fingerprint density at radius 1 is 1.02 bits per heavy atom. The highest BCUT2D eigenvalue weighted by Crippen LogP contribution is 2.36. The van der Waals surface area contributed by atoms with Crippen LogP contribution in [-0.2, 0) is 22.7 Å². The van der Waals surface area contributed by atoms with Gasteiger partial charge in [0.25, 0.3) is 5.91 Å². The number of hydrogen-bond acceptors (Lipinski definition) is 7. The van der Waals surface area contributed by atoms with Gasteiger partial charge in [-0.2, -0.15) is 0 Å². The van der Waals surface area contributed by atoms with Gasteiger partial charge in [-0.3, -0.25) is 29.6 Å². The van der Waals surface area contributed by atoms with Crippen LogP contribution >= 0.6 is 0 Å². The predicted molar refractivity (Wildman–Crippen MR) is 147 cm³/mol. The lowest BCUT2D eigenvalue weighted by Crippen LogP contribution is -2.52. The number of imide groups is 1. The standard InChI is InChI=1S/C31H32N4O5/c36-22-12-20(13-22)27-6-2-19-11-18(1-5-26(19)32-27)15-34-10-9-24(17-34)40-23-3-4-25-21(14-23)16-35(31(25)39)28-7-8-29(37)33-30(28)38/h1-6,11,14,20,22,24,28,36H,7-10,12-13,15-17H2,(H,33,37,38)/t20-,22+,24-,28?/m0/s1. The van der Waals surface area contributed by atoms with Crippen LogP contribution in [0.1, 0.15) is 65.2 Å². The SMILES string of the molecule is O=C1CCC(N2Cc3cc(O[C@H]4CCN(Cc5ccc6nc([C@H]7C[C@@H](O)C7)ccc6c5)C4)ccc3C2=O)C(=O)N1. The topological polar surface area (TPSA) is 112 Å². The Bertz CT molecular complexity index is 1520. The molecule has 2 aromatic carbocycles. The maximum absolute atomic E-state index is 13.0. The summed E-state index contributed by atoms with van der Waals surface area (Å²) >= 11 is 0. The Morgan fingerprint density at radius 3 is 2.73 bits per heavy atom. The summed E-state index contributed by atoms with van der Waals surface area (Å²) in [5.74, 6) is 0.240. The smallest absolute Gasteiger partial charge is 0.255 e. The highest BCUT2D eigenvalue weighted by Gasteiger charge is 2.39. The second-order valence-electron chi connectivity index (χ2n) is 11.6. The molecule has 1 aliphatic carbocycles. The van der Waals surface area contributed by atoms with Crippen LogP contribution in [0.2, 0.25) is 0 Å². The maximum atomic E-state index is 13.0. The predicted octanol–water partition coefficient (Wildman–Crippen LogP) is 2.89. The number of benzene rings is 2. The van der Waals surface area contributed by atoms with Crippen molar-refractivity contribution in [2.24, 2.45) is 0 Å². The van der Waals surface area contributed by atoms with E-state index in [0.29, 0.717) is 24.4 Å². The minimum absolute atomic E-state index is 0.0592. The molecule has 0 radical (unpaired) electrons. The molecule has 3 aliphatic heterocycles. The Kier molecular flexibility index (Phi) is 6.28. The zero-order chi connectivity index (χ0) is 27.4. The lowest BCUT2D eigenvalue weighted by atomic mass is 9.80. The van der Waals surface area contributed by atoms with Crippen molar-refractivity contribution >= 4 is 28.6 Å². The zero-order valence-corrected chi connectivity index (χ0v) is 22.2. The molecule has 40 heavy (non-hydrogen) atoms. The molecule has 9 nitrogen and oxygen atoms in total. The molecular weight excluding hydrogens is 508 g/mol. The molecule has 1 saturated carbocycles. The van der Waals surface area contributed by atoms with E-state index in [4.69, 9.17) is 9.72 Å². The number of aliphatic hydroxyl groups excluding tert-OH is 1. The fourth-order valence-corrected chi connectivity index (χ4v) is 6.46. The van der Waals surface area contributed by atoms with Crippen LogP contribution in [0.25, 0.3) is 10.9 Å². The van der Waals surface area contributed by atoms with E-state index in [1.807, 2.05) is 12.1 Å². The van der Waals surface area contributed by atoms with Gasteiger partial charge in [0.15, 0.2) is 0 Å². The highest BCUT2D eigenvalue weighted by molar-refractivity contribution is 6.05. The van der Waals surface area contributed by atoms with Gasteiger partial charge >= 0.3 is 0 Å². The number of nitrogens with zero attached hydrogens (tertiary/aromatic N) is 3. The number of nitrogens with one attached hydrogen (secondary N) is 1.